The van der Waals surface area contributed by atoms with E-state index in [0.717, 1.165) is 22.5 Å². The van der Waals surface area contributed by atoms with E-state index in [0.29, 0.717) is 5.02 Å². The van der Waals surface area contributed by atoms with Gasteiger partial charge < -0.3 is 5.11 Å². The Hall–Kier alpha value is -2.32. The van der Waals surface area contributed by atoms with Gasteiger partial charge in [0.05, 0.1) is 11.4 Å². The monoisotopic (exact) mass is 281 g/mol. The number of hydrogen-bond donors (Lipinski definition) is 1. The molecule has 1 heterocycles. The van der Waals surface area contributed by atoms with Crippen LogP contribution in [0.25, 0.3) is 22.5 Å². The van der Waals surface area contributed by atoms with Crippen LogP contribution in [0.1, 0.15) is 0 Å². The Balaban J connectivity index is 2.09. The maximum absolute atomic E-state index is 9.91. The fourth-order valence-electron chi connectivity index (χ4n) is 2.04. The van der Waals surface area contributed by atoms with Crippen molar-refractivity contribution in [1.29, 1.82) is 0 Å². The molecule has 1 N–H and O–H groups in total. The van der Waals surface area contributed by atoms with E-state index >= 15 is 0 Å². The second-order valence-corrected chi connectivity index (χ2v) is 4.91. The minimum atomic E-state index is 0.198. The number of nitrogens with zero attached hydrogens (tertiary/aromatic N) is 1. The van der Waals surface area contributed by atoms with Crippen molar-refractivity contribution in [2.24, 2.45) is 0 Å². The van der Waals surface area contributed by atoms with Crippen molar-refractivity contribution in [1.82, 2.24) is 4.98 Å². The van der Waals surface area contributed by atoms with Crippen LogP contribution in [0.15, 0.2) is 66.7 Å². The lowest BCUT2D eigenvalue weighted by Gasteiger charge is -2.06. The van der Waals surface area contributed by atoms with Crippen LogP contribution in [0.5, 0.6) is 5.75 Å². The molecule has 2 aromatic carbocycles. The zero-order chi connectivity index (χ0) is 13.9. The third-order valence-electron chi connectivity index (χ3n) is 3.02. The van der Waals surface area contributed by atoms with Crippen molar-refractivity contribution in [3.63, 3.8) is 0 Å². The van der Waals surface area contributed by atoms with Crippen molar-refractivity contribution in [3.05, 3.63) is 71.8 Å². The Kier molecular flexibility index (Phi) is 3.40. The standard InChI is InChI=1S/C17H12ClNO/c18-14-8-6-13(7-9-14)17-11-15(20)10-16(19-17)12-4-2-1-3-5-12/h1-11H,(H,19,20). The van der Waals surface area contributed by atoms with Gasteiger partial charge in [0, 0.05) is 28.3 Å². The van der Waals surface area contributed by atoms with Gasteiger partial charge in [0.1, 0.15) is 5.75 Å². The molecule has 0 unspecified atom stereocenters. The highest BCUT2D eigenvalue weighted by molar-refractivity contribution is 6.30. The molecule has 0 aliphatic carbocycles. The van der Waals surface area contributed by atoms with Crippen molar-refractivity contribution >= 4 is 11.6 Å². The van der Waals surface area contributed by atoms with Gasteiger partial charge in [-0.25, -0.2) is 4.98 Å². The van der Waals surface area contributed by atoms with E-state index in [9.17, 15) is 5.11 Å². The number of aromatic hydroxyl groups is 1. The Bertz CT molecular complexity index is 724. The van der Waals surface area contributed by atoms with Crippen molar-refractivity contribution < 1.29 is 5.11 Å². The zero-order valence-electron chi connectivity index (χ0n) is 10.6. The van der Waals surface area contributed by atoms with E-state index in [2.05, 4.69) is 4.98 Å². The Morgan fingerprint density at radius 2 is 1.30 bits per heavy atom. The number of pyridine rings is 1. The molecular weight excluding hydrogens is 270 g/mol. The van der Waals surface area contributed by atoms with E-state index in [1.165, 1.54) is 0 Å². The summed E-state index contributed by atoms with van der Waals surface area (Å²) in [5.74, 6) is 0.198. The third kappa shape index (κ3) is 2.65. The molecule has 0 saturated carbocycles. The Morgan fingerprint density at radius 1 is 0.750 bits per heavy atom. The Morgan fingerprint density at radius 3 is 1.90 bits per heavy atom. The molecule has 0 radical (unpaired) electrons. The maximum atomic E-state index is 9.91. The molecule has 3 aromatic rings. The van der Waals surface area contributed by atoms with Crippen LogP contribution < -0.4 is 0 Å². The molecule has 0 atom stereocenters. The van der Waals surface area contributed by atoms with Crippen LogP contribution in [0.4, 0.5) is 0 Å². The Labute approximate surface area is 122 Å². The summed E-state index contributed by atoms with van der Waals surface area (Å²) in [6.07, 6.45) is 0. The molecular formula is C17H12ClNO. The van der Waals surface area contributed by atoms with Crippen LogP contribution in [-0.4, -0.2) is 10.1 Å². The van der Waals surface area contributed by atoms with Gasteiger partial charge in [-0.1, -0.05) is 54.1 Å². The van der Waals surface area contributed by atoms with E-state index in [1.54, 1.807) is 12.1 Å². The van der Waals surface area contributed by atoms with Gasteiger partial charge in [-0.3, -0.25) is 0 Å². The number of halogens is 1. The van der Waals surface area contributed by atoms with Crippen LogP contribution in [0, 0.1) is 0 Å². The van der Waals surface area contributed by atoms with Gasteiger partial charge in [0.25, 0.3) is 0 Å². The largest absolute Gasteiger partial charge is 0.508 e. The lowest BCUT2D eigenvalue weighted by Crippen LogP contribution is -1.88. The molecule has 0 saturated heterocycles. The first kappa shape index (κ1) is 12.7. The van der Waals surface area contributed by atoms with Gasteiger partial charge >= 0.3 is 0 Å². The second kappa shape index (κ2) is 5.35. The first-order valence-electron chi connectivity index (χ1n) is 6.25. The zero-order valence-corrected chi connectivity index (χ0v) is 11.4. The van der Waals surface area contributed by atoms with Crippen LogP contribution in [-0.2, 0) is 0 Å². The first-order valence-corrected chi connectivity index (χ1v) is 6.62. The highest BCUT2D eigenvalue weighted by Gasteiger charge is 2.06. The molecule has 0 fully saturated rings. The highest BCUT2D eigenvalue weighted by atomic mass is 35.5. The predicted octanol–water partition coefficient (Wildman–Crippen LogP) is 4.77. The SMILES string of the molecule is Oc1cc(-c2ccccc2)nc(-c2ccc(Cl)cc2)c1. The maximum Gasteiger partial charge on any atom is 0.119 e. The molecule has 0 aliphatic heterocycles. The number of aromatic nitrogens is 1. The summed E-state index contributed by atoms with van der Waals surface area (Å²) in [5.41, 5.74) is 3.36. The third-order valence-corrected chi connectivity index (χ3v) is 3.27. The summed E-state index contributed by atoms with van der Waals surface area (Å²) >= 11 is 5.89. The summed E-state index contributed by atoms with van der Waals surface area (Å²) in [6.45, 7) is 0. The van der Waals surface area contributed by atoms with Gasteiger partial charge in [0.15, 0.2) is 0 Å². The quantitative estimate of drug-likeness (QED) is 0.733. The molecule has 20 heavy (non-hydrogen) atoms. The topological polar surface area (TPSA) is 33.1 Å². The van der Waals surface area contributed by atoms with Gasteiger partial charge in [-0.2, -0.15) is 0 Å². The molecule has 0 aliphatic rings. The predicted molar refractivity (Wildman–Crippen MR) is 81.8 cm³/mol. The molecule has 3 rings (SSSR count). The minimum absolute atomic E-state index is 0.198. The average molecular weight is 282 g/mol. The van der Waals surface area contributed by atoms with Crippen molar-refractivity contribution in [3.8, 4) is 28.3 Å². The van der Waals surface area contributed by atoms with E-state index in [1.807, 2.05) is 54.6 Å². The molecule has 0 bridgehead atoms. The molecule has 98 valence electrons. The molecule has 2 nitrogen and oxygen atoms in total. The summed E-state index contributed by atoms with van der Waals surface area (Å²) in [5, 5.41) is 10.6. The van der Waals surface area contributed by atoms with Crippen LogP contribution >= 0.6 is 11.6 Å². The van der Waals surface area contributed by atoms with Gasteiger partial charge in [-0.05, 0) is 12.1 Å². The van der Waals surface area contributed by atoms with Crippen LogP contribution in [0.2, 0.25) is 5.02 Å². The van der Waals surface area contributed by atoms with Gasteiger partial charge in [-0.15, -0.1) is 0 Å². The minimum Gasteiger partial charge on any atom is -0.508 e. The number of benzene rings is 2. The summed E-state index contributed by atoms with van der Waals surface area (Å²) < 4.78 is 0. The van der Waals surface area contributed by atoms with Crippen molar-refractivity contribution in [2.45, 2.75) is 0 Å². The fraction of sp³-hybridized carbons (Fsp3) is 0. The molecule has 0 amide bonds. The van der Waals surface area contributed by atoms with Crippen molar-refractivity contribution in [2.75, 3.05) is 0 Å². The number of rotatable bonds is 2. The first-order chi connectivity index (χ1) is 9.72. The lowest BCUT2D eigenvalue weighted by molar-refractivity contribution is 0.475. The smallest absolute Gasteiger partial charge is 0.119 e. The lowest BCUT2D eigenvalue weighted by atomic mass is 10.1. The van der Waals surface area contributed by atoms with E-state index < -0.39 is 0 Å². The highest BCUT2D eigenvalue weighted by Crippen LogP contribution is 2.28. The molecule has 1 aromatic heterocycles. The summed E-state index contributed by atoms with van der Waals surface area (Å²) in [7, 11) is 0. The normalized spacial score (nSPS) is 10.4. The average Bonchev–Trinajstić information content (AvgIpc) is 2.48. The second-order valence-electron chi connectivity index (χ2n) is 4.47. The van der Waals surface area contributed by atoms with E-state index in [-0.39, 0.29) is 5.75 Å². The molecule has 0 spiro atoms. The summed E-state index contributed by atoms with van der Waals surface area (Å²) in [4.78, 5) is 4.60. The fourth-order valence-corrected chi connectivity index (χ4v) is 2.17. The molecule has 3 heteroatoms. The summed E-state index contributed by atoms with van der Waals surface area (Å²) in [6, 6.07) is 20.5. The van der Waals surface area contributed by atoms with Crippen LogP contribution in [0.3, 0.4) is 0 Å². The van der Waals surface area contributed by atoms with Gasteiger partial charge in [0.2, 0.25) is 0 Å². The number of hydrogen-bond acceptors (Lipinski definition) is 2. The van der Waals surface area contributed by atoms with E-state index in [4.69, 9.17) is 11.6 Å².